The highest BCUT2D eigenvalue weighted by Crippen LogP contribution is 2.26. The number of hydrogen-bond acceptors (Lipinski definition) is 4. The molecule has 0 radical (unpaired) electrons. The van der Waals surface area contributed by atoms with Crippen molar-refractivity contribution in [3.63, 3.8) is 0 Å². The van der Waals surface area contributed by atoms with Gasteiger partial charge in [-0.1, -0.05) is 30.3 Å². The maximum Gasteiger partial charge on any atom is 0.229 e. The van der Waals surface area contributed by atoms with Gasteiger partial charge in [0.1, 0.15) is 0 Å². The number of ether oxygens (including phenoxy) is 1. The van der Waals surface area contributed by atoms with E-state index in [1.54, 1.807) is 0 Å². The molecule has 0 N–H and O–H groups in total. The summed E-state index contributed by atoms with van der Waals surface area (Å²) in [7, 11) is 0. The number of amides is 2. The summed E-state index contributed by atoms with van der Waals surface area (Å²) in [5.41, 5.74) is 1.22. The smallest absolute Gasteiger partial charge is 0.229 e. The predicted molar refractivity (Wildman–Crippen MR) is 82.1 cm³/mol. The van der Waals surface area contributed by atoms with Crippen molar-refractivity contribution in [3.8, 4) is 0 Å². The van der Waals surface area contributed by atoms with Gasteiger partial charge in [0.25, 0.3) is 0 Å². The minimum absolute atomic E-state index is 0.0393. The Morgan fingerprint density at radius 2 is 1.77 bits per heavy atom. The number of hydrogen-bond donors (Lipinski definition) is 0. The molecule has 2 heterocycles. The molecule has 1 aromatic rings. The Morgan fingerprint density at radius 3 is 2.45 bits per heavy atom. The van der Waals surface area contributed by atoms with E-state index in [9.17, 15) is 9.59 Å². The van der Waals surface area contributed by atoms with E-state index in [1.807, 2.05) is 18.2 Å². The summed E-state index contributed by atoms with van der Waals surface area (Å²) >= 11 is 0. The molecule has 2 aliphatic rings. The first kappa shape index (κ1) is 15.2. The second-order valence-electron chi connectivity index (χ2n) is 6.00. The van der Waals surface area contributed by atoms with Gasteiger partial charge in [-0.15, -0.1) is 0 Å². The molecule has 5 heteroatoms. The zero-order valence-electron chi connectivity index (χ0n) is 12.9. The topological polar surface area (TPSA) is 49.9 Å². The summed E-state index contributed by atoms with van der Waals surface area (Å²) in [6.07, 6.45) is 0.894. The maximum absolute atomic E-state index is 11.7. The minimum Gasteiger partial charge on any atom is -0.375 e. The highest BCUT2D eigenvalue weighted by Gasteiger charge is 2.32. The third kappa shape index (κ3) is 3.20. The number of nitrogens with zero attached hydrogens (tertiary/aromatic N) is 2. The molecule has 0 aliphatic carbocycles. The molecule has 2 fully saturated rings. The third-order valence-corrected chi connectivity index (χ3v) is 4.42. The second kappa shape index (κ2) is 6.58. The highest BCUT2D eigenvalue weighted by molar-refractivity contribution is 6.01. The molecule has 2 atom stereocenters. The monoisotopic (exact) mass is 302 g/mol. The Balaban J connectivity index is 1.68. The van der Waals surface area contributed by atoms with Crippen molar-refractivity contribution < 1.29 is 14.3 Å². The van der Waals surface area contributed by atoms with E-state index >= 15 is 0 Å². The average Bonchev–Trinajstić information content (AvgIpc) is 2.85. The average molecular weight is 302 g/mol. The molecule has 0 saturated carbocycles. The van der Waals surface area contributed by atoms with E-state index in [0.717, 1.165) is 6.54 Å². The van der Waals surface area contributed by atoms with Gasteiger partial charge in [0.2, 0.25) is 11.8 Å². The number of likely N-dealkylation sites (tertiary alicyclic amines) is 1. The van der Waals surface area contributed by atoms with E-state index in [4.69, 9.17) is 4.74 Å². The zero-order chi connectivity index (χ0) is 15.5. The summed E-state index contributed by atoms with van der Waals surface area (Å²) in [6.45, 7) is 4.70. The van der Waals surface area contributed by atoms with Gasteiger partial charge in [0, 0.05) is 32.5 Å². The molecule has 1 aromatic carbocycles. The molecular formula is C17H22N2O3. The van der Waals surface area contributed by atoms with E-state index in [-0.39, 0.29) is 24.0 Å². The number of morpholine rings is 1. The number of carbonyl (C=O) groups excluding carboxylic acids is 2. The number of carbonyl (C=O) groups is 2. The lowest BCUT2D eigenvalue weighted by molar-refractivity contribution is -0.139. The molecule has 2 saturated heterocycles. The Labute approximate surface area is 130 Å². The van der Waals surface area contributed by atoms with Crippen molar-refractivity contribution >= 4 is 11.8 Å². The van der Waals surface area contributed by atoms with Crippen LogP contribution in [0.1, 0.15) is 31.4 Å². The summed E-state index contributed by atoms with van der Waals surface area (Å²) in [5, 5.41) is 0. The SMILES string of the molecule is C[C@@H]1CN(CCN2C(=O)CCC2=O)[C@H](c2ccccc2)CO1. The fraction of sp³-hybridized carbons (Fsp3) is 0.529. The molecule has 2 aliphatic heterocycles. The van der Waals surface area contributed by atoms with Crippen molar-refractivity contribution in [1.82, 2.24) is 9.80 Å². The molecule has 118 valence electrons. The van der Waals surface area contributed by atoms with Crippen molar-refractivity contribution in [2.45, 2.75) is 31.9 Å². The van der Waals surface area contributed by atoms with Gasteiger partial charge in [-0.05, 0) is 12.5 Å². The van der Waals surface area contributed by atoms with Crippen molar-refractivity contribution in [3.05, 3.63) is 35.9 Å². The van der Waals surface area contributed by atoms with Gasteiger partial charge in [-0.3, -0.25) is 19.4 Å². The zero-order valence-corrected chi connectivity index (χ0v) is 12.9. The van der Waals surface area contributed by atoms with Crippen LogP contribution in [0.5, 0.6) is 0 Å². The van der Waals surface area contributed by atoms with Crippen molar-refractivity contribution in [2.75, 3.05) is 26.2 Å². The van der Waals surface area contributed by atoms with Crippen molar-refractivity contribution in [1.29, 1.82) is 0 Å². The second-order valence-corrected chi connectivity index (χ2v) is 6.00. The van der Waals surface area contributed by atoms with Crippen LogP contribution in [-0.4, -0.2) is 54.0 Å². The van der Waals surface area contributed by atoms with E-state index < -0.39 is 0 Å². The van der Waals surface area contributed by atoms with Crippen LogP contribution < -0.4 is 0 Å². The van der Waals surface area contributed by atoms with Gasteiger partial charge in [0.15, 0.2) is 0 Å². The summed E-state index contributed by atoms with van der Waals surface area (Å²) < 4.78 is 5.80. The first-order valence-corrected chi connectivity index (χ1v) is 7.89. The Hall–Kier alpha value is -1.72. The van der Waals surface area contributed by atoms with Gasteiger partial charge >= 0.3 is 0 Å². The van der Waals surface area contributed by atoms with Crippen LogP contribution in [-0.2, 0) is 14.3 Å². The standard InChI is InChI=1S/C17H22N2O3/c1-13-11-18(9-10-19-16(20)7-8-17(19)21)15(12-22-13)14-5-3-2-4-6-14/h2-6,13,15H,7-12H2,1H3/t13-,15+/m1/s1. The number of benzene rings is 1. The number of imide groups is 1. The normalized spacial score (nSPS) is 26.7. The lowest BCUT2D eigenvalue weighted by atomic mass is 10.0. The third-order valence-electron chi connectivity index (χ3n) is 4.42. The molecule has 22 heavy (non-hydrogen) atoms. The largest absolute Gasteiger partial charge is 0.375 e. The van der Waals surface area contributed by atoms with Crippen LogP contribution in [0.15, 0.2) is 30.3 Å². The minimum atomic E-state index is -0.0393. The molecular weight excluding hydrogens is 280 g/mol. The lowest BCUT2D eigenvalue weighted by Crippen LogP contribution is -2.47. The number of rotatable bonds is 4. The van der Waals surface area contributed by atoms with Gasteiger partial charge < -0.3 is 4.74 Å². The highest BCUT2D eigenvalue weighted by atomic mass is 16.5. The predicted octanol–water partition coefficient (Wildman–Crippen LogP) is 1.60. The first-order chi connectivity index (χ1) is 10.6. The molecule has 5 nitrogen and oxygen atoms in total. The van der Waals surface area contributed by atoms with Crippen LogP contribution in [0.4, 0.5) is 0 Å². The molecule has 3 rings (SSSR count). The summed E-state index contributed by atoms with van der Waals surface area (Å²) in [5.74, 6) is -0.0786. The quantitative estimate of drug-likeness (QED) is 0.793. The summed E-state index contributed by atoms with van der Waals surface area (Å²) in [4.78, 5) is 27.2. The molecule has 2 amide bonds. The Kier molecular flexibility index (Phi) is 4.55. The van der Waals surface area contributed by atoms with E-state index in [1.165, 1.54) is 10.5 Å². The van der Waals surface area contributed by atoms with Crippen LogP contribution in [0, 0.1) is 0 Å². The molecule has 0 unspecified atom stereocenters. The van der Waals surface area contributed by atoms with Gasteiger partial charge in [0.05, 0.1) is 18.8 Å². The van der Waals surface area contributed by atoms with Crippen molar-refractivity contribution in [2.24, 2.45) is 0 Å². The molecule has 0 bridgehead atoms. The van der Waals surface area contributed by atoms with E-state index in [0.29, 0.717) is 32.5 Å². The van der Waals surface area contributed by atoms with Gasteiger partial charge in [-0.25, -0.2) is 0 Å². The Bertz CT molecular complexity index is 530. The van der Waals surface area contributed by atoms with E-state index in [2.05, 4.69) is 24.0 Å². The maximum atomic E-state index is 11.7. The first-order valence-electron chi connectivity index (χ1n) is 7.89. The fourth-order valence-corrected chi connectivity index (χ4v) is 3.20. The fourth-order valence-electron chi connectivity index (χ4n) is 3.20. The molecule has 0 spiro atoms. The van der Waals surface area contributed by atoms with Crippen LogP contribution in [0.2, 0.25) is 0 Å². The Morgan fingerprint density at radius 1 is 1.09 bits per heavy atom. The molecule has 0 aromatic heterocycles. The van der Waals surface area contributed by atoms with Gasteiger partial charge in [-0.2, -0.15) is 0 Å². The van der Waals surface area contributed by atoms with Crippen LogP contribution >= 0.6 is 0 Å². The summed E-state index contributed by atoms with van der Waals surface area (Å²) in [6, 6.07) is 10.4. The lowest BCUT2D eigenvalue weighted by Gasteiger charge is -2.39. The van der Waals surface area contributed by atoms with Crippen LogP contribution in [0.25, 0.3) is 0 Å². The van der Waals surface area contributed by atoms with Crippen LogP contribution in [0.3, 0.4) is 0 Å².